The fraction of sp³-hybridized carbons (Fsp3) is 0.429. The van der Waals surface area contributed by atoms with Crippen molar-refractivity contribution in [1.29, 1.82) is 0 Å². The van der Waals surface area contributed by atoms with Gasteiger partial charge in [0.25, 0.3) is 0 Å². The average Bonchev–Trinajstić information content (AvgIpc) is 2.43. The quantitative estimate of drug-likeness (QED) is 0.682. The van der Waals surface area contributed by atoms with Gasteiger partial charge in [-0.25, -0.2) is 0 Å². The van der Waals surface area contributed by atoms with Crippen LogP contribution in [-0.2, 0) is 20.9 Å². The van der Waals surface area contributed by atoms with Crippen molar-refractivity contribution in [2.24, 2.45) is 0 Å². The molecule has 0 bridgehead atoms. The molecule has 0 radical (unpaired) electrons. The number of rotatable bonds is 9. The molecule has 110 valence electrons. The SMILES string of the molecule is COCCN(CC(=O)NCC(=O)O)Cc1ccccc1. The van der Waals surface area contributed by atoms with Gasteiger partial charge in [-0.05, 0) is 5.56 Å². The molecule has 2 N–H and O–H groups in total. The van der Waals surface area contributed by atoms with Crippen molar-refractivity contribution in [3.63, 3.8) is 0 Å². The van der Waals surface area contributed by atoms with Crippen LogP contribution in [0.4, 0.5) is 0 Å². The predicted molar refractivity (Wildman–Crippen MR) is 74.2 cm³/mol. The van der Waals surface area contributed by atoms with Gasteiger partial charge >= 0.3 is 5.97 Å². The van der Waals surface area contributed by atoms with Crippen molar-refractivity contribution < 1.29 is 19.4 Å². The first kappa shape index (κ1) is 16.1. The maximum absolute atomic E-state index is 11.7. The molecule has 0 aromatic heterocycles. The highest BCUT2D eigenvalue weighted by Crippen LogP contribution is 2.04. The zero-order chi connectivity index (χ0) is 14.8. The molecular formula is C14H20N2O4. The average molecular weight is 280 g/mol. The van der Waals surface area contributed by atoms with Gasteiger partial charge in [-0.3, -0.25) is 14.5 Å². The number of aliphatic carboxylic acids is 1. The van der Waals surface area contributed by atoms with Crippen LogP contribution in [0.1, 0.15) is 5.56 Å². The Morgan fingerprint density at radius 3 is 2.60 bits per heavy atom. The number of methoxy groups -OCH3 is 1. The van der Waals surface area contributed by atoms with Gasteiger partial charge in [0, 0.05) is 20.2 Å². The summed E-state index contributed by atoms with van der Waals surface area (Å²) in [6, 6.07) is 9.77. The topological polar surface area (TPSA) is 78.9 Å². The molecule has 1 rings (SSSR count). The predicted octanol–water partition coefficient (Wildman–Crippen LogP) is 0.336. The maximum atomic E-state index is 11.7. The van der Waals surface area contributed by atoms with E-state index in [0.717, 1.165) is 5.56 Å². The van der Waals surface area contributed by atoms with Gasteiger partial charge in [0.15, 0.2) is 0 Å². The summed E-state index contributed by atoms with van der Waals surface area (Å²) < 4.78 is 5.02. The molecule has 1 aromatic carbocycles. The van der Waals surface area contributed by atoms with Crippen LogP contribution < -0.4 is 5.32 Å². The molecule has 0 aliphatic heterocycles. The number of carbonyl (C=O) groups excluding carboxylic acids is 1. The van der Waals surface area contributed by atoms with E-state index in [1.807, 2.05) is 35.2 Å². The molecule has 6 heteroatoms. The first-order valence-electron chi connectivity index (χ1n) is 6.35. The second-order valence-electron chi connectivity index (χ2n) is 4.36. The van der Waals surface area contributed by atoms with Crippen LogP contribution in [-0.4, -0.2) is 55.2 Å². The maximum Gasteiger partial charge on any atom is 0.322 e. The van der Waals surface area contributed by atoms with Crippen LogP contribution in [0, 0.1) is 0 Å². The molecule has 0 atom stereocenters. The van der Waals surface area contributed by atoms with Gasteiger partial charge in [-0.2, -0.15) is 0 Å². The third-order valence-electron chi connectivity index (χ3n) is 2.66. The molecule has 1 amide bonds. The number of amides is 1. The zero-order valence-corrected chi connectivity index (χ0v) is 11.5. The van der Waals surface area contributed by atoms with Gasteiger partial charge in [-0.15, -0.1) is 0 Å². The standard InChI is InChI=1S/C14H20N2O4/c1-20-8-7-16(10-12-5-3-2-4-6-12)11-13(17)15-9-14(18)19/h2-6H,7-11H2,1H3,(H,15,17)(H,18,19). The second kappa shape index (κ2) is 9.06. The lowest BCUT2D eigenvalue weighted by Gasteiger charge is -2.21. The second-order valence-corrected chi connectivity index (χ2v) is 4.36. The third kappa shape index (κ3) is 6.86. The van der Waals surface area contributed by atoms with Gasteiger partial charge in [-0.1, -0.05) is 30.3 Å². The van der Waals surface area contributed by atoms with Crippen molar-refractivity contribution in [2.45, 2.75) is 6.54 Å². The van der Waals surface area contributed by atoms with Crippen molar-refractivity contribution in [1.82, 2.24) is 10.2 Å². The van der Waals surface area contributed by atoms with Crippen molar-refractivity contribution in [3.05, 3.63) is 35.9 Å². The number of carbonyl (C=O) groups is 2. The minimum atomic E-state index is -1.05. The summed E-state index contributed by atoms with van der Waals surface area (Å²) in [6.45, 7) is 1.52. The summed E-state index contributed by atoms with van der Waals surface area (Å²) >= 11 is 0. The fourth-order valence-corrected chi connectivity index (χ4v) is 1.71. The van der Waals surface area contributed by atoms with Gasteiger partial charge in [0.2, 0.25) is 5.91 Å². The molecular weight excluding hydrogens is 260 g/mol. The van der Waals surface area contributed by atoms with Crippen molar-refractivity contribution in [3.8, 4) is 0 Å². The molecule has 0 heterocycles. The van der Waals surface area contributed by atoms with Crippen molar-refractivity contribution >= 4 is 11.9 Å². The smallest absolute Gasteiger partial charge is 0.322 e. The highest BCUT2D eigenvalue weighted by atomic mass is 16.5. The van der Waals surface area contributed by atoms with E-state index < -0.39 is 5.97 Å². The zero-order valence-electron chi connectivity index (χ0n) is 11.5. The van der Waals surface area contributed by atoms with Crippen LogP contribution in [0.25, 0.3) is 0 Å². The Bertz CT molecular complexity index is 422. The molecule has 0 fully saturated rings. The summed E-state index contributed by atoms with van der Waals surface area (Å²) in [4.78, 5) is 24.0. The Morgan fingerprint density at radius 2 is 2.00 bits per heavy atom. The number of hydrogen-bond acceptors (Lipinski definition) is 4. The highest BCUT2D eigenvalue weighted by molar-refractivity contribution is 5.82. The van der Waals surface area contributed by atoms with E-state index >= 15 is 0 Å². The summed E-state index contributed by atoms with van der Waals surface area (Å²) in [6.07, 6.45) is 0. The summed E-state index contributed by atoms with van der Waals surface area (Å²) in [7, 11) is 1.60. The van der Waals surface area contributed by atoms with E-state index in [2.05, 4.69) is 5.32 Å². The molecule has 0 aliphatic rings. The minimum absolute atomic E-state index is 0.144. The largest absolute Gasteiger partial charge is 0.480 e. The Kier molecular flexibility index (Phi) is 7.31. The van der Waals surface area contributed by atoms with E-state index in [4.69, 9.17) is 9.84 Å². The number of hydrogen-bond donors (Lipinski definition) is 2. The molecule has 0 unspecified atom stereocenters. The van der Waals surface area contributed by atoms with Crippen molar-refractivity contribution in [2.75, 3.05) is 33.4 Å². The van der Waals surface area contributed by atoms with E-state index in [-0.39, 0.29) is 19.0 Å². The first-order chi connectivity index (χ1) is 9.61. The molecule has 0 aliphatic carbocycles. The normalized spacial score (nSPS) is 10.5. The lowest BCUT2D eigenvalue weighted by atomic mass is 10.2. The lowest BCUT2D eigenvalue weighted by Crippen LogP contribution is -2.40. The highest BCUT2D eigenvalue weighted by Gasteiger charge is 2.11. The number of carboxylic acid groups (broad SMARTS) is 1. The number of nitrogens with one attached hydrogen (secondary N) is 1. The number of nitrogens with zero attached hydrogens (tertiary/aromatic N) is 1. The fourth-order valence-electron chi connectivity index (χ4n) is 1.71. The molecule has 0 saturated carbocycles. The molecule has 6 nitrogen and oxygen atoms in total. The van der Waals surface area contributed by atoms with Crippen LogP contribution in [0.5, 0.6) is 0 Å². The van der Waals surface area contributed by atoms with Crippen LogP contribution >= 0.6 is 0 Å². The van der Waals surface area contributed by atoms with E-state index in [1.54, 1.807) is 7.11 Å². The monoisotopic (exact) mass is 280 g/mol. The van der Waals surface area contributed by atoms with Gasteiger partial charge in [0.1, 0.15) is 6.54 Å². The van der Waals surface area contributed by atoms with Crippen LogP contribution in [0.3, 0.4) is 0 Å². The molecule has 0 spiro atoms. The Balaban J connectivity index is 2.50. The lowest BCUT2D eigenvalue weighted by molar-refractivity contribution is -0.138. The Morgan fingerprint density at radius 1 is 1.30 bits per heavy atom. The molecule has 1 aromatic rings. The van der Waals surface area contributed by atoms with E-state index in [1.165, 1.54) is 0 Å². The van der Waals surface area contributed by atoms with E-state index in [0.29, 0.717) is 19.7 Å². The number of benzene rings is 1. The van der Waals surface area contributed by atoms with Crippen LogP contribution in [0.2, 0.25) is 0 Å². The third-order valence-corrected chi connectivity index (χ3v) is 2.66. The summed E-state index contributed by atoms with van der Waals surface area (Å²) in [5, 5.41) is 10.9. The minimum Gasteiger partial charge on any atom is -0.480 e. The van der Waals surface area contributed by atoms with E-state index in [9.17, 15) is 9.59 Å². The Hall–Kier alpha value is -1.92. The number of ether oxygens (including phenoxy) is 1. The summed E-state index contributed by atoms with van der Waals surface area (Å²) in [5.41, 5.74) is 1.09. The van der Waals surface area contributed by atoms with Gasteiger partial charge < -0.3 is 15.2 Å². The summed E-state index contributed by atoms with van der Waals surface area (Å²) in [5.74, 6) is -1.36. The Labute approximate surface area is 118 Å². The van der Waals surface area contributed by atoms with Crippen LogP contribution in [0.15, 0.2) is 30.3 Å². The molecule has 0 saturated heterocycles. The first-order valence-corrected chi connectivity index (χ1v) is 6.35. The molecule has 20 heavy (non-hydrogen) atoms. The number of carboxylic acids is 1. The van der Waals surface area contributed by atoms with Gasteiger partial charge in [0.05, 0.1) is 13.2 Å².